The van der Waals surface area contributed by atoms with Crippen molar-refractivity contribution in [2.75, 3.05) is 5.32 Å². The number of ether oxygens (including phenoxy) is 1. The Bertz CT molecular complexity index is 1260. The van der Waals surface area contributed by atoms with E-state index in [0.29, 0.717) is 49.2 Å². The van der Waals surface area contributed by atoms with Gasteiger partial charge in [0.15, 0.2) is 0 Å². The van der Waals surface area contributed by atoms with Gasteiger partial charge in [0.1, 0.15) is 11.4 Å². The number of fused-ring (bicyclic) bond motifs is 1. The summed E-state index contributed by atoms with van der Waals surface area (Å²) in [5, 5.41) is 5.25. The van der Waals surface area contributed by atoms with Crippen LogP contribution in [-0.4, -0.2) is 34.1 Å². The topological polar surface area (TPSA) is 153 Å². The molecule has 2 aromatic rings. The lowest BCUT2D eigenvalue weighted by Gasteiger charge is -2.19. The van der Waals surface area contributed by atoms with Crippen LogP contribution < -0.4 is 32.4 Å². The number of rotatable bonds is 8. The first-order chi connectivity index (χ1) is 17.0. The molecule has 192 valence electrons. The monoisotopic (exact) mass is 506 g/mol. The standard InChI is InChI=1S/C23H25F3N6O4/c1-12-17(19(33)21(35)30-22(7-8-22)16(11-27)31-28)15-6-3-9-32(15)18(12)20(34)29-13-4-2-5-14(10-13)36-23(24,25)26/h2,4-5,10-11,31H,3,6-9,27-28H2,1H3,(H,29,34)(H,30,35)/b16-11-. The number of amides is 2. The van der Waals surface area contributed by atoms with Crippen molar-refractivity contribution in [3.05, 3.63) is 58.7 Å². The van der Waals surface area contributed by atoms with E-state index in [4.69, 9.17) is 11.6 Å². The summed E-state index contributed by atoms with van der Waals surface area (Å²) in [6.45, 7) is 2.01. The van der Waals surface area contributed by atoms with E-state index in [9.17, 15) is 27.6 Å². The zero-order valence-corrected chi connectivity index (χ0v) is 19.3. The molecule has 2 aliphatic rings. The number of hydrogen-bond donors (Lipinski definition) is 5. The van der Waals surface area contributed by atoms with Crippen molar-refractivity contribution in [1.29, 1.82) is 0 Å². The van der Waals surface area contributed by atoms with Crippen molar-refractivity contribution in [3.63, 3.8) is 0 Å². The van der Waals surface area contributed by atoms with Crippen LogP contribution in [0.15, 0.2) is 36.2 Å². The van der Waals surface area contributed by atoms with Gasteiger partial charge in [0.25, 0.3) is 17.6 Å². The molecule has 1 aliphatic carbocycles. The maximum Gasteiger partial charge on any atom is 0.573 e. The van der Waals surface area contributed by atoms with Crippen LogP contribution in [0.5, 0.6) is 5.75 Å². The number of aromatic nitrogens is 1. The number of hydrazine groups is 1. The van der Waals surface area contributed by atoms with Crippen molar-refractivity contribution in [2.24, 2.45) is 11.6 Å². The van der Waals surface area contributed by atoms with E-state index in [-0.39, 0.29) is 16.9 Å². The Morgan fingerprint density at radius 1 is 1.22 bits per heavy atom. The molecule has 1 saturated carbocycles. The summed E-state index contributed by atoms with van der Waals surface area (Å²) in [5.41, 5.74) is 8.78. The van der Waals surface area contributed by atoms with Crippen LogP contribution in [0.25, 0.3) is 0 Å². The van der Waals surface area contributed by atoms with E-state index in [1.807, 2.05) is 0 Å². The highest BCUT2D eigenvalue weighted by Gasteiger charge is 2.49. The molecule has 10 nitrogen and oxygen atoms in total. The summed E-state index contributed by atoms with van der Waals surface area (Å²) in [5.74, 6) is 2.70. The number of anilines is 1. The molecule has 1 fully saturated rings. The molecule has 0 unspecified atom stereocenters. The van der Waals surface area contributed by atoms with E-state index in [1.165, 1.54) is 18.3 Å². The summed E-state index contributed by atoms with van der Waals surface area (Å²) in [4.78, 5) is 39.3. The van der Waals surface area contributed by atoms with Crippen LogP contribution in [0.4, 0.5) is 18.9 Å². The Morgan fingerprint density at radius 2 is 1.94 bits per heavy atom. The molecule has 0 bridgehead atoms. The van der Waals surface area contributed by atoms with Gasteiger partial charge in [0, 0.05) is 30.2 Å². The third-order valence-electron chi connectivity index (χ3n) is 6.32. The predicted molar refractivity (Wildman–Crippen MR) is 123 cm³/mol. The van der Waals surface area contributed by atoms with Gasteiger partial charge in [-0.05, 0) is 50.3 Å². The van der Waals surface area contributed by atoms with Crippen LogP contribution in [0.3, 0.4) is 0 Å². The molecule has 2 heterocycles. The molecule has 7 N–H and O–H groups in total. The molecule has 4 rings (SSSR count). The van der Waals surface area contributed by atoms with Gasteiger partial charge in [-0.25, -0.2) is 0 Å². The molecule has 1 aliphatic heterocycles. The van der Waals surface area contributed by atoms with Crippen LogP contribution in [-0.2, 0) is 17.8 Å². The van der Waals surface area contributed by atoms with Gasteiger partial charge >= 0.3 is 6.36 Å². The highest BCUT2D eigenvalue weighted by atomic mass is 19.4. The van der Waals surface area contributed by atoms with Crippen LogP contribution in [0.1, 0.15) is 51.4 Å². The first-order valence-corrected chi connectivity index (χ1v) is 11.1. The fraction of sp³-hybridized carbons (Fsp3) is 0.348. The second-order valence-corrected chi connectivity index (χ2v) is 8.67. The molecule has 1 aromatic heterocycles. The number of carbonyl (C=O) groups excluding carboxylic acids is 3. The molecule has 13 heteroatoms. The molecular formula is C23H25F3N6O4. The molecule has 0 saturated heterocycles. The fourth-order valence-corrected chi connectivity index (χ4v) is 4.59. The maximum absolute atomic E-state index is 13.2. The van der Waals surface area contributed by atoms with E-state index in [0.717, 1.165) is 12.1 Å². The highest BCUT2D eigenvalue weighted by Crippen LogP contribution is 2.40. The lowest BCUT2D eigenvalue weighted by molar-refractivity contribution is -0.274. The molecular weight excluding hydrogens is 481 g/mol. The minimum absolute atomic E-state index is 0.0753. The molecule has 0 spiro atoms. The summed E-state index contributed by atoms with van der Waals surface area (Å²) in [7, 11) is 0. The Kier molecular flexibility index (Phi) is 6.43. The Balaban J connectivity index is 1.59. The van der Waals surface area contributed by atoms with Crippen LogP contribution in [0.2, 0.25) is 0 Å². The van der Waals surface area contributed by atoms with Gasteiger partial charge in [-0.1, -0.05) is 6.07 Å². The van der Waals surface area contributed by atoms with Crippen molar-refractivity contribution in [2.45, 2.75) is 51.1 Å². The summed E-state index contributed by atoms with van der Waals surface area (Å²) in [6.07, 6.45) is -1.39. The number of nitrogens with zero attached hydrogens (tertiary/aromatic N) is 1. The predicted octanol–water partition coefficient (Wildman–Crippen LogP) is 1.99. The van der Waals surface area contributed by atoms with Crippen molar-refractivity contribution in [3.8, 4) is 5.75 Å². The van der Waals surface area contributed by atoms with E-state index >= 15 is 0 Å². The minimum Gasteiger partial charge on any atom is -0.406 e. The molecule has 0 atom stereocenters. The zero-order valence-electron chi connectivity index (χ0n) is 19.3. The Hall–Kier alpha value is -4.00. The van der Waals surface area contributed by atoms with E-state index in [2.05, 4.69) is 20.8 Å². The third kappa shape index (κ3) is 4.73. The number of alkyl halides is 3. The van der Waals surface area contributed by atoms with Crippen LogP contribution in [0, 0.1) is 6.92 Å². The smallest absolute Gasteiger partial charge is 0.406 e. The first kappa shape index (κ1) is 25.1. The average molecular weight is 506 g/mol. The second-order valence-electron chi connectivity index (χ2n) is 8.67. The zero-order chi connectivity index (χ0) is 26.3. The molecule has 2 amide bonds. The molecule has 0 radical (unpaired) electrons. The summed E-state index contributed by atoms with van der Waals surface area (Å²) in [6, 6.07) is 4.86. The molecule has 36 heavy (non-hydrogen) atoms. The van der Waals surface area contributed by atoms with Gasteiger partial charge in [0.05, 0.1) is 16.8 Å². The number of Topliss-reactive ketones (excluding diaryl/α,β-unsaturated/α-hetero) is 1. The third-order valence-corrected chi connectivity index (χ3v) is 6.32. The number of carbonyl (C=O) groups is 3. The summed E-state index contributed by atoms with van der Waals surface area (Å²) < 4.78 is 43.2. The van der Waals surface area contributed by atoms with E-state index < -0.39 is 35.2 Å². The number of halogens is 3. The van der Waals surface area contributed by atoms with E-state index in [1.54, 1.807) is 11.5 Å². The lowest BCUT2D eigenvalue weighted by atomic mass is 10.0. The number of ketones is 1. The SMILES string of the molecule is Cc1c(C(=O)C(=O)NC2(/C(=C/N)NN)CC2)c2n(c1C(=O)Nc1cccc(OC(F)(F)F)c1)CCC2. The van der Waals surface area contributed by atoms with Crippen molar-refractivity contribution in [1.82, 2.24) is 15.3 Å². The van der Waals surface area contributed by atoms with Crippen molar-refractivity contribution >= 4 is 23.3 Å². The van der Waals surface area contributed by atoms with Gasteiger partial charge in [-0.2, -0.15) is 0 Å². The summed E-state index contributed by atoms with van der Waals surface area (Å²) >= 11 is 0. The maximum atomic E-state index is 13.2. The highest BCUT2D eigenvalue weighted by molar-refractivity contribution is 6.44. The number of nitrogens with two attached hydrogens (primary N) is 2. The van der Waals surface area contributed by atoms with Gasteiger partial charge in [-0.3, -0.25) is 20.2 Å². The first-order valence-electron chi connectivity index (χ1n) is 11.1. The fourth-order valence-electron chi connectivity index (χ4n) is 4.59. The number of nitrogens with one attached hydrogen (secondary N) is 3. The molecule has 1 aromatic carbocycles. The van der Waals surface area contributed by atoms with Gasteiger partial charge in [-0.15, -0.1) is 13.2 Å². The van der Waals surface area contributed by atoms with Gasteiger partial charge < -0.3 is 31.1 Å². The van der Waals surface area contributed by atoms with Crippen LogP contribution >= 0.6 is 0 Å². The average Bonchev–Trinajstić information content (AvgIpc) is 3.30. The quantitative estimate of drug-likeness (QED) is 0.159. The number of benzene rings is 1. The normalized spacial score (nSPS) is 16.2. The largest absolute Gasteiger partial charge is 0.573 e. The minimum atomic E-state index is -4.88. The van der Waals surface area contributed by atoms with Crippen molar-refractivity contribution < 1.29 is 32.3 Å². The second kappa shape index (κ2) is 9.22. The van der Waals surface area contributed by atoms with Gasteiger partial charge in [0.2, 0.25) is 0 Å². The lowest BCUT2D eigenvalue weighted by Crippen LogP contribution is -2.47. The number of hydrogen-bond acceptors (Lipinski definition) is 7. The Labute approximate surface area is 203 Å². The Morgan fingerprint density at radius 3 is 2.56 bits per heavy atom.